The lowest BCUT2D eigenvalue weighted by Crippen LogP contribution is -2.49. The number of halogens is 6. The van der Waals surface area contributed by atoms with E-state index < -0.39 is 49.1 Å². The number of alkyl halides is 6. The van der Waals surface area contributed by atoms with Gasteiger partial charge in [0.2, 0.25) is 0 Å². The number of fused-ring (bicyclic) bond motifs is 1. The van der Waals surface area contributed by atoms with Crippen LogP contribution in [0.15, 0.2) is 30.9 Å². The molecular weight excluding hydrogens is 510 g/mol. The van der Waals surface area contributed by atoms with Gasteiger partial charge in [-0.25, -0.2) is 14.8 Å². The molecule has 9 nitrogen and oxygen atoms in total. The molecule has 2 amide bonds. The summed E-state index contributed by atoms with van der Waals surface area (Å²) in [4.78, 5) is 25.2. The second-order valence-corrected chi connectivity index (χ2v) is 7.96. The Morgan fingerprint density at radius 1 is 1.14 bits per heavy atom. The van der Waals surface area contributed by atoms with Crippen molar-refractivity contribution in [2.24, 2.45) is 5.92 Å². The molecule has 0 aromatic carbocycles. The lowest BCUT2D eigenvalue weighted by molar-refractivity contribution is -0.180. The maximum absolute atomic E-state index is 14.3. The number of methoxy groups -OCH3 is 2. The molecule has 2 atom stereocenters. The highest BCUT2D eigenvalue weighted by Gasteiger charge is 2.48. The van der Waals surface area contributed by atoms with Crippen LogP contribution in [0.4, 0.5) is 31.1 Å². The molecule has 15 heteroatoms. The van der Waals surface area contributed by atoms with E-state index in [1.54, 1.807) is 10.6 Å². The standard InChI is InChI=1S/C22H24F6N6O3/c1-5-34(20(35)31-9-12(2)21(23,24)25)17(22(26,27)28)14-8-13(16(36-3)10-30-14)15-11-33-7-6-29-18(33)19(32-15)37-4/h6-8,10-12,17H,5,9H2,1-4H3,(H,31,35). The lowest BCUT2D eigenvalue weighted by atomic mass is 10.1. The number of urea groups is 1. The van der Waals surface area contributed by atoms with Gasteiger partial charge in [0.25, 0.3) is 5.88 Å². The minimum absolute atomic E-state index is 0.0881. The summed E-state index contributed by atoms with van der Waals surface area (Å²) in [7, 11) is 2.65. The van der Waals surface area contributed by atoms with Gasteiger partial charge in [0.15, 0.2) is 11.7 Å². The van der Waals surface area contributed by atoms with Crippen LogP contribution in [0.2, 0.25) is 0 Å². The molecule has 0 spiro atoms. The van der Waals surface area contributed by atoms with Gasteiger partial charge >= 0.3 is 18.4 Å². The average molecular weight is 534 g/mol. The van der Waals surface area contributed by atoms with Gasteiger partial charge in [0, 0.05) is 37.2 Å². The Hall–Kier alpha value is -3.78. The second kappa shape index (κ2) is 10.7. The van der Waals surface area contributed by atoms with E-state index in [2.05, 4.69) is 15.0 Å². The van der Waals surface area contributed by atoms with Crippen molar-refractivity contribution in [2.45, 2.75) is 32.2 Å². The molecule has 0 aliphatic carbocycles. The number of hydrogen-bond donors (Lipinski definition) is 1. The molecule has 0 radical (unpaired) electrons. The molecule has 3 aromatic heterocycles. The normalized spacial score (nSPS) is 13.8. The number of ether oxygens (including phenoxy) is 2. The predicted molar refractivity (Wildman–Crippen MR) is 119 cm³/mol. The molecule has 3 aromatic rings. The fraction of sp³-hybridized carbons (Fsp3) is 0.455. The first-order valence-corrected chi connectivity index (χ1v) is 10.9. The lowest BCUT2D eigenvalue weighted by Gasteiger charge is -2.32. The van der Waals surface area contributed by atoms with Gasteiger partial charge < -0.3 is 24.1 Å². The quantitative estimate of drug-likeness (QED) is 0.424. The predicted octanol–water partition coefficient (Wildman–Crippen LogP) is 4.64. The van der Waals surface area contributed by atoms with Crippen molar-refractivity contribution in [3.8, 4) is 22.9 Å². The Balaban J connectivity index is 2.06. The van der Waals surface area contributed by atoms with Crippen molar-refractivity contribution >= 4 is 11.7 Å². The number of nitrogens with zero attached hydrogens (tertiary/aromatic N) is 5. The number of rotatable bonds is 8. The van der Waals surface area contributed by atoms with Gasteiger partial charge in [-0.2, -0.15) is 26.3 Å². The molecule has 3 rings (SSSR count). The summed E-state index contributed by atoms with van der Waals surface area (Å²) in [6.45, 7) is 0.731. The van der Waals surface area contributed by atoms with Gasteiger partial charge in [-0.15, -0.1) is 0 Å². The van der Waals surface area contributed by atoms with Gasteiger partial charge in [0.05, 0.1) is 37.7 Å². The smallest absolute Gasteiger partial charge is 0.414 e. The number of carbonyl (C=O) groups excluding carboxylic acids is 1. The number of amides is 2. The molecule has 2 unspecified atom stereocenters. The molecule has 1 N–H and O–H groups in total. The van der Waals surface area contributed by atoms with Crippen LogP contribution in [-0.4, -0.2) is 69.9 Å². The average Bonchev–Trinajstić information content (AvgIpc) is 3.32. The van der Waals surface area contributed by atoms with Gasteiger partial charge in [-0.3, -0.25) is 4.98 Å². The largest absolute Gasteiger partial charge is 0.494 e. The molecule has 3 heterocycles. The SMILES string of the molecule is CCN(C(=O)NCC(C)C(F)(F)F)C(c1cc(-c2cn3ccnc3c(OC)n2)c(OC)cn1)C(F)(F)F. The maximum atomic E-state index is 14.3. The van der Waals surface area contributed by atoms with E-state index in [-0.39, 0.29) is 22.9 Å². The third-order valence-electron chi connectivity index (χ3n) is 5.54. The maximum Gasteiger partial charge on any atom is 0.414 e. The highest BCUT2D eigenvalue weighted by atomic mass is 19.4. The molecule has 0 fully saturated rings. The fourth-order valence-electron chi connectivity index (χ4n) is 3.55. The van der Waals surface area contributed by atoms with Crippen LogP contribution >= 0.6 is 0 Å². The van der Waals surface area contributed by atoms with Crippen molar-refractivity contribution in [2.75, 3.05) is 27.3 Å². The zero-order valence-corrected chi connectivity index (χ0v) is 20.2. The Morgan fingerprint density at radius 2 is 1.84 bits per heavy atom. The summed E-state index contributed by atoms with van der Waals surface area (Å²) in [6.07, 6.45) is -4.02. The highest BCUT2D eigenvalue weighted by molar-refractivity contribution is 5.75. The molecular formula is C22H24F6N6O3. The second-order valence-electron chi connectivity index (χ2n) is 7.96. The van der Waals surface area contributed by atoms with Crippen LogP contribution in [0.3, 0.4) is 0 Å². The Kier molecular flexibility index (Phi) is 8.03. The van der Waals surface area contributed by atoms with Gasteiger partial charge in [0.1, 0.15) is 5.75 Å². The third kappa shape index (κ3) is 5.97. The zero-order valence-electron chi connectivity index (χ0n) is 20.2. The monoisotopic (exact) mass is 534 g/mol. The first-order valence-electron chi connectivity index (χ1n) is 10.9. The first kappa shape index (κ1) is 27.8. The summed E-state index contributed by atoms with van der Waals surface area (Å²) < 4.78 is 93.3. The Labute approximate surface area is 207 Å². The molecule has 0 saturated heterocycles. The number of aromatic nitrogens is 4. The van der Waals surface area contributed by atoms with E-state index in [1.807, 2.05) is 5.32 Å². The third-order valence-corrected chi connectivity index (χ3v) is 5.54. The topological polar surface area (TPSA) is 93.9 Å². The summed E-state index contributed by atoms with van der Waals surface area (Å²) >= 11 is 0. The van der Waals surface area contributed by atoms with E-state index in [4.69, 9.17) is 9.47 Å². The molecule has 0 bridgehead atoms. The number of imidazole rings is 1. The van der Waals surface area contributed by atoms with Crippen LogP contribution in [0, 0.1) is 5.92 Å². The van der Waals surface area contributed by atoms with Crippen molar-refractivity contribution < 1.29 is 40.6 Å². The van der Waals surface area contributed by atoms with Crippen LogP contribution in [-0.2, 0) is 0 Å². The van der Waals surface area contributed by atoms with Crippen LogP contribution in [0.1, 0.15) is 25.6 Å². The first-order chi connectivity index (χ1) is 17.3. The Morgan fingerprint density at radius 3 is 2.41 bits per heavy atom. The highest BCUT2D eigenvalue weighted by Crippen LogP contribution is 2.40. The number of hydrogen-bond acceptors (Lipinski definition) is 6. The van der Waals surface area contributed by atoms with E-state index in [0.717, 1.165) is 19.2 Å². The van der Waals surface area contributed by atoms with Gasteiger partial charge in [-0.1, -0.05) is 6.92 Å². The molecule has 0 saturated carbocycles. The number of nitrogens with one attached hydrogen (secondary N) is 1. The minimum atomic E-state index is -5.01. The van der Waals surface area contributed by atoms with Crippen LogP contribution in [0.25, 0.3) is 16.9 Å². The van der Waals surface area contributed by atoms with E-state index in [0.29, 0.717) is 10.5 Å². The molecule has 202 valence electrons. The summed E-state index contributed by atoms with van der Waals surface area (Å²) in [5.41, 5.74) is 0.0540. The van der Waals surface area contributed by atoms with Crippen molar-refractivity contribution in [3.63, 3.8) is 0 Å². The number of pyridine rings is 1. The molecule has 37 heavy (non-hydrogen) atoms. The number of carbonyl (C=O) groups is 1. The van der Waals surface area contributed by atoms with E-state index in [9.17, 15) is 31.1 Å². The van der Waals surface area contributed by atoms with E-state index in [1.165, 1.54) is 33.5 Å². The fourth-order valence-corrected chi connectivity index (χ4v) is 3.55. The summed E-state index contributed by atoms with van der Waals surface area (Å²) in [5.74, 6) is -1.77. The van der Waals surface area contributed by atoms with Crippen LogP contribution in [0.5, 0.6) is 11.6 Å². The van der Waals surface area contributed by atoms with E-state index >= 15 is 0 Å². The summed E-state index contributed by atoms with van der Waals surface area (Å²) in [6, 6.07) is -2.82. The minimum Gasteiger partial charge on any atom is -0.494 e. The van der Waals surface area contributed by atoms with Crippen molar-refractivity contribution in [3.05, 3.63) is 36.5 Å². The zero-order chi connectivity index (χ0) is 27.5. The van der Waals surface area contributed by atoms with Crippen molar-refractivity contribution in [1.29, 1.82) is 0 Å². The van der Waals surface area contributed by atoms with Gasteiger partial charge in [-0.05, 0) is 13.0 Å². The Bertz CT molecular complexity index is 1250. The van der Waals surface area contributed by atoms with Crippen LogP contribution < -0.4 is 14.8 Å². The molecule has 0 aliphatic rings. The summed E-state index contributed by atoms with van der Waals surface area (Å²) in [5, 5.41) is 1.94. The molecule has 0 aliphatic heterocycles. The van der Waals surface area contributed by atoms with Crippen molar-refractivity contribution in [1.82, 2.24) is 29.6 Å².